The normalized spacial score (nSPS) is 13.2. The lowest BCUT2D eigenvalue weighted by Crippen LogP contribution is -2.30. The zero-order valence-electron chi connectivity index (χ0n) is 42.1. The van der Waals surface area contributed by atoms with Gasteiger partial charge in [0.15, 0.2) is 6.10 Å². The van der Waals surface area contributed by atoms with Gasteiger partial charge in [-0.3, -0.25) is 14.4 Å². The predicted molar refractivity (Wildman–Crippen MR) is 283 cm³/mol. The molecule has 0 rings (SSSR count). The van der Waals surface area contributed by atoms with Crippen LogP contribution in [-0.2, 0) is 28.6 Å². The molecule has 0 amide bonds. The SMILES string of the molecule is CC\C=C/C=C\C=C/C=C\C=C\C=C/C=C\CCCCCC(=O)OCC(COC(=O)CCCCCCCCCCCCCC)OC(=O)CCC/C=C\C/C=C\C/C=C\C/C=C\CCCCC. The molecule has 0 heterocycles. The standard InChI is InChI=1S/C60H94O6/c1-4-7-10-13-16-19-22-25-27-29-30-32-33-35-38-41-44-47-50-53-59(62)65-56-57(55-64-58(61)52-49-46-43-40-37-24-21-18-15-12-9-6-3)66-60(63)54-51-48-45-42-39-36-34-31-28-26-23-20-17-14-11-8-5-2/h7,10,13,16-17,19-20,22,25-30,32-36,38,42,45,57H,4-6,8-9,11-12,14-15,18,21,23-24,31,37,39-41,43-44,46-56H2,1-3H3/b10-7-,16-13-,20-17-,22-19-,27-25-,28-26-,30-29+,33-32-,36-34-,38-35-,45-42-. The van der Waals surface area contributed by atoms with Crippen LogP contribution in [0.4, 0.5) is 0 Å². The van der Waals surface area contributed by atoms with Crippen molar-refractivity contribution in [1.29, 1.82) is 0 Å². The molecule has 0 saturated carbocycles. The number of hydrogen-bond donors (Lipinski definition) is 0. The molecule has 0 aromatic rings. The van der Waals surface area contributed by atoms with Crippen LogP contribution in [0.25, 0.3) is 0 Å². The van der Waals surface area contributed by atoms with Crippen molar-refractivity contribution in [3.05, 3.63) is 134 Å². The van der Waals surface area contributed by atoms with Crippen molar-refractivity contribution in [2.45, 2.75) is 213 Å². The van der Waals surface area contributed by atoms with E-state index in [0.29, 0.717) is 19.3 Å². The van der Waals surface area contributed by atoms with Gasteiger partial charge in [0.25, 0.3) is 0 Å². The Bertz CT molecular complexity index is 1460. The third kappa shape index (κ3) is 50.5. The van der Waals surface area contributed by atoms with Crippen LogP contribution < -0.4 is 0 Å². The molecule has 0 bridgehead atoms. The van der Waals surface area contributed by atoms with Gasteiger partial charge < -0.3 is 14.2 Å². The Morgan fingerprint density at radius 1 is 0.333 bits per heavy atom. The molecule has 6 nitrogen and oxygen atoms in total. The van der Waals surface area contributed by atoms with Crippen LogP contribution >= 0.6 is 0 Å². The monoisotopic (exact) mass is 911 g/mol. The minimum atomic E-state index is -0.829. The van der Waals surface area contributed by atoms with Gasteiger partial charge in [0, 0.05) is 19.3 Å². The second kappa shape index (κ2) is 53.2. The van der Waals surface area contributed by atoms with E-state index in [-0.39, 0.29) is 44.0 Å². The summed E-state index contributed by atoms with van der Waals surface area (Å²) in [7, 11) is 0. The van der Waals surface area contributed by atoms with E-state index in [1.807, 2.05) is 72.9 Å². The maximum absolute atomic E-state index is 12.8. The molecule has 0 N–H and O–H groups in total. The summed E-state index contributed by atoms with van der Waals surface area (Å²) in [5.74, 6) is -1.03. The van der Waals surface area contributed by atoms with Crippen LogP contribution in [0.5, 0.6) is 0 Å². The Kier molecular flexibility index (Phi) is 49.6. The van der Waals surface area contributed by atoms with Gasteiger partial charge in [0.2, 0.25) is 0 Å². The van der Waals surface area contributed by atoms with E-state index in [9.17, 15) is 14.4 Å². The highest BCUT2D eigenvalue weighted by atomic mass is 16.6. The van der Waals surface area contributed by atoms with Crippen molar-refractivity contribution in [2.24, 2.45) is 0 Å². The lowest BCUT2D eigenvalue weighted by atomic mass is 10.0. The minimum absolute atomic E-state index is 0.118. The first kappa shape index (κ1) is 61.5. The first-order chi connectivity index (χ1) is 32.5. The largest absolute Gasteiger partial charge is 0.462 e. The number of unbranched alkanes of at least 4 members (excludes halogenated alkanes) is 18. The lowest BCUT2D eigenvalue weighted by molar-refractivity contribution is -0.167. The first-order valence-electron chi connectivity index (χ1n) is 26.3. The summed E-state index contributed by atoms with van der Waals surface area (Å²) in [4.78, 5) is 38.0. The van der Waals surface area contributed by atoms with Gasteiger partial charge in [-0.05, 0) is 77.0 Å². The molecule has 0 radical (unpaired) electrons. The number of esters is 3. The third-order valence-electron chi connectivity index (χ3n) is 10.6. The van der Waals surface area contributed by atoms with Gasteiger partial charge in [-0.1, -0.05) is 244 Å². The maximum atomic E-state index is 12.8. The van der Waals surface area contributed by atoms with E-state index in [1.54, 1.807) is 0 Å². The quantitative estimate of drug-likeness (QED) is 0.0199. The molecule has 1 atom stereocenters. The molecule has 0 saturated heterocycles. The zero-order valence-corrected chi connectivity index (χ0v) is 42.1. The number of ether oxygens (including phenoxy) is 3. The summed E-state index contributed by atoms with van der Waals surface area (Å²) >= 11 is 0. The van der Waals surface area contributed by atoms with E-state index in [2.05, 4.69) is 81.5 Å². The van der Waals surface area contributed by atoms with Gasteiger partial charge in [-0.2, -0.15) is 0 Å². The van der Waals surface area contributed by atoms with Crippen molar-refractivity contribution < 1.29 is 28.6 Å². The van der Waals surface area contributed by atoms with Crippen molar-refractivity contribution >= 4 is 17.9 Å². The summed E-state index contributed by atoms with van der Waals surface area (Å²) in [6.45, 7) is 6.36. The van der Waals surface area contributed by atoms with Crippen molar-refractivity contribution in [3.63, 3.8) is 0 Å². The number of allylic oxidation sites excluding steroid dienone is 22. The van der Waals surface area contributed by atoms with Crippen LogP contribution in [0.2, 0.25) is 0 Å². The fraction of sp³-hybridized carbons (Fsp3) is 0.583. The summed E-state index contributed by atoms with van der Waals surface area (Å²) in [5.41, 5.74) is 0. The molecular formula is C60H94O6. The average molecular weight is 911 g/mol. The molecule has 0 aliphatic rings. The second-order valence-electron chi connectivity index (χ2n) is 16.9. The molecule has 6 heteroatoms. The van der Waals surface area contributed by atoms with Gasteiger partial charge in [-0.15, -0.1) is 0 Å². The van der Waals surface area contributed by atoms with Crippen LogP contribution in [-0.4, -0.2) is 37.2 Å². The molecule has 370 valence electrons. The third-order valence-corrected chi connectivity index (χ3v) is 10.6. The fourth-order valence-electron chi connectivity index (χ4n) is 6.65. The molecule has 0 aromatic carbocycles. The van der Waals surface area contributed by atoms with Crippen molar-refractivity contribution in [2.75, 3.05) is 13.2 Å². The van der Waals surface area contributed by atoms with Gasteiger partial charge in [0.05, 0.1) is 0 Å². The second-order valence-corrected chi connectivity index (χ2v) is 16.9. The predicted octanol–water partition coefficient (Wildman–Crippen LogP) is 17.5. The molecule has 66 heavy (non-hydrogen) atoms. The molecular weight excluding hydrogens is 817 g/mol. The van der Waals surface area contributed by atoms with E-state index < -0.39 is 6.10 Å². The highest BCUT2D eigenvalue weighted by Crippen LogP contribution is 2.14. The number of carbonyl (C=O) groups excluding carboxylic acids is 3. The smallest absolute Gasteiger partial charge is 0.306 e. The first-order valence-corrected chi connectivity index (χ1v) is 26.3. The highest BCUT2D eigenvalue weighted by molar-refractivity contribution is 5.71. The fourth-order valence-corrected chi connectivity index (χ4v) is 6.65. The van der Waals surface area contributed by atoms with Crippen molar-refractivity contribution in [1.82, 2.24) is 0 Å². The number of rotatable bonds is 45. The highest BCUT2D eigenvalue weighted by Gasteiger charge is 2.19. The average Bonchev–Trinajstić information content (AvgIpc) is 3.31. The number of hydrogen-bond acceptors (Lipinski definition) is 6. The van der Waals surface area contributed by atoms with Gasteiger partial charge in [-0.25, -0.2) is 0 Å². The Balaban J connectivity index is 4.60. The molecule has 0 fully saturated rings. The Hall–Kier alpha value is -4.45. The maximum Gasteiger partial charge on any atom is 0.306 e. The molecule has 0 aromatic heterocycles. The molecule has 0 spiro atoms. The molecule has 1 unspecified atom stereocenters. The van der Waals surface area contributed by atoms with Crippen LogP contribution in [0.3, 0.4) is 0 Å². The topological polar surface area (TPSA) is 78.9 Å². The van der Waals surface area contributed by atoms with Crippen LogP contribution in [0, 0.1) is 0 Å². The summed E-state index contributed by atoms with van der Waals surface area (Å²) in [6.07, 6.45) is 74.3. The zero-order chi connectivity index (χ0) is 47.9. The lowest BCUT2D eigenvalue weighted by Gasteiger charge is -2.18. The summed E-state index contributed by atoms with van der Waals surface area (Å²) < 4.78 is 16.7. The van der Waals surface area contributed by atoms with E-state index in [0.717, 1.165) is 70.6 Å². The number of carbonyl (C=O) groups is 3. The van der Waals surface area contributed by atoms with E-state index >= 15 is 0 Å². The Labute approximate surface area is 405 Å². The Morgan fingerprint density at radius 3 is 1.14 bits per heavy atom. The van der Waals surface area contributed by atoms with Crippen LogP contribution in [0.15, 0.2) is 134 Å². The van der Waals surface area contributed by atoms with Gasteiger partial charge in [0.1, 0.15) is 13.2 Å². The van der Waals surface area contributed by atoms with Crippen LogP contribution in [0.1, 0.15) is 207 Å². The molecule has 0 aliphatic heterocycles. The Morgan fingerprint density at radius 2 is 0.667 bits per heavy atom. The summed E-state index contributed by atoms with van der Waals surface area (Å²) in [5, 5.41) is 0. The molecule has 0 aliphatic carbocycles. The van der Waals surface area contributed by atoms with Gasteiger partial charge >= 0.3 is 17.9 Å². The van der Waals surface area contributed by atoms with E-state index in [1.165, 1.54) is 83.5 Å². The van der Waals surface area contributed by atoms with E-state index in [4.69, 9.17) is 14.2 Å². The van der Waals surface area contributed by atoms with Crippen molar-refractivity contribution in [3.8, 4) is 0 Å². The summed E-state index contributed by atoms with van der Waals surface area (Å²) in [6, 6.07) is 0. The minimum Gasteiger partial charge on any atom is -0.462 e.